The van der Waals surface area contributed by atoms with E-state index in [0.29, 0.717) is 0 Å². The number of aromatic amines is 2. The summed E-state index contributed by atoms with van der Waals surface area (Å²) in [6.45, 7) is 0. The molecule has 3 heterocycles. The number of para-hydroxylation sites is 3. The van der Waals surface area contributed by atoms with Crippen molar-refractivity contribution >= 4 is 39.3 Å². The second-order valence-corrected chi connectivity index (χ2v) is 7.80. The van der Waals surface area contributed by atoms with E-state index in [1.807, 2.05) is 12.3 Å². The lowest BCUT2D eigenvalue weighted by atomic mass is 9.87. The number of rotatable bonds is 4. The Hall–Kier alpha value is -3.85. The molecule has 0 fully saturated rings. The van der Waals surface area contributed by atoms with Gasteiger partial charge in [-0.05, 0) is 41.3 Å². The Bertz CT molecular complexity index is 1360. The molecule has 6 rings (SSSR count). The lowest BCUT2D eigenvalue weighted by molar-refractivity contribution is 0.846. The van der Waals surface area contributed by atoms with Crippen LogP contribution >= 0.6 is 0 Å². The maximum Gasteiger partial charge on any atom is 0.0708 e. The van der Waals surface area contributed by atoms with Gasteiger partial charge in [-0.2, -0.15) is 0 Å². The van der Waals surface area contributed by atoms with Gasteiger partial charge in [0.25, 0.3) is 0 Å². The van der Waals surface area contributed by atoms with E-state index in [-0.39, 0.29) is 5.92 Å². The number of benzene rings is 3. The maximum absolute atomic E-state index is 4.58. The van der Waals surface area contributed by atoms with Crippen LogP contribution in [0.2, 0.25) is 0 Å². The number of nitrogens with zero attached hydrogens (tertiary/aromatic N) is 1. The number of aromatic nitrogens is 2. The Labute approximate surface area is 174 Å². The third kappa shape index (κ3) is 2.71. The van der Waals surface area contributed by atoms with Crippen molar-refractivity contribution in [2.24, 2.45) is 4.99 Å². The van der Waals surface area contributed by atoms with Crippen LogP contribution in [0.1, 0.15) is 29.0 Å². The van der Waals surface area contributed by atoms with Gasteiger partial charge in [-0.25, -0.2) is 0 Å². The number of hydrogen-bond donors (Lipinski definition) is 2. The van der Waals surface area contributed by atoms with Crippen LogP contribution in [0.5, 0.6) is 0 Å². The molecular weight excluding hydrogens is 366 g/mol. The van der Waals surface area contributed by atoms with Crippen LogP contribution in [0.3, 0.4) is 0 Å². The van der Waals surface area contributed by atoms with Crippen molar-refractivity contribution in [3.63, 3.8) is 0 Å². The quantitative estimate of drug-likeness (QED) is 0.334. The van der Waals surface area contributed by atoms with E-state index < -0.39 is 0 Å². The van der Waals surface area contributed by atoms with E-state index in [2.05, 4.69) is 100 Å². The average Bonchev–Trinajstić information content (AvgIpc) is 3.52. The van der Waals surface area contributed by atoms with Gasteiger partial charge in [0.2, 0.25) is 0 Å². The van der Waals surface area contributed by atoms with Gasteiger partial charge in [0.15, 0.2) is 0 Å². The molecule has 0 aliphatic carbocycles. The zero-order valence-electron chi connectivity index (χ0n) is 16.5. The highest BCUT2D eigenvalue weighted by molar-refractivity contribution is 6.16. The van der Waals surface area contributed by atoms with Crippen molar-refractivity contribution in [1.82, 2.24) is 9.97 Å². The number of aliphatic imine (C=N–C) groups is 1. The maximum atomic E-state index is 4.58. The summed E-state index contributed by atoms with van der Waals surface area (Å²) < 4.78 is 0. The molecule has 3 aromatic carbocycles. The average molecular weight is 387 g/mol. The summed E-state index contributed by atoms with van der Waals surface area (Å²) in [5.41, 5.74) is 8.49. The summed E-state index contributed by atoms with van der Waals surface area (Å²) in [5.74, 6) is 0.242. The largest absolute Gasteiger partial charge is 0.361 e. The monoisotopic (exact) mass is 387 g/mol. The van der Waals surface area contributed by atoms with Gasteiger partial charge in [0, 0.05) is 51.9 Å². The van der Waals surface area contributed by atoms with Crippen molar-refractivity contribution in [1.29, 1.82) is 0 Å². The van der Waals surface area contributed by atoms with Gasteiger partial charge in [-0.1, -0.05) is 60.7 Å². The van der Waals surface area contributed by atoms with Crippen molar-refractivity contribution in [3.05, 3.63) is 108 Å². The summed E-state index contributed by atoms with van der Waals surface area (Å²) >= 11 is 0. The number of nitrogens with one attached hydrogen (secondary N) is 2. The molecule has 5 aromatic rings. The highest BCUT2D eigenvalue weighted by atomic mass is 14.8. The second-order valence-electron chi connectivity index (χ2n) is 7.80. The molecule has 0 saturated heterocycles. The molecule has 144 valence electrons. The van der Waals surface area contributed by atoms with Crippen LogP contribution in [-0.2, 0) is 0 Å². The molecule has 2 aromatic heterocycles. The Morgan fingerprint density at radius 1 is 0.733 bits per heavy atom. The highest BCUT2D eigenvalue weighted by Gasteiger charge is 2.21. The van der Waals surface area contributed by atoms with Gasteiger partial charge >= 0.3 is 0 Å². The van der Waals surface area contributed by atoms with E-state index in [0.717, 1.165) is 12.1 Å². The molecule has 1 aliphatic rings. The van der Waals surface area contributed by atoms with Crippen LogP contribution in [0, 0.1) is 0 Å². The van der Waals surface area contributed by atoms with Crippen molar-refractivity contribution in [3.8, 4) is 0 Å². The molecular formula is C27H21N3. The summed E-state index contributed by atoms with van der Waals surface area (Å²) in [4.78, 5) is 11.5. The van der Waals surface area contributed by atoms with Gasteiger partial charge in [-0.15, -0.1) is 0 Å². The SMILES string of the molecule is C1=Nc2ccccc2/C1=C/CC(c1c[nH]c2ccccc12)c1c[nH]c2ccccc12. The molecule has 0 amide bonds. The second kappa shape index (κ2) is 6.89. The van der Waals surface area contributed by atoms with E-state index in [1.165, 1.54) is 44.1 Å². The molecule has 2 N–H and O–H groups in total. The van der Waals surface area contributed by atoms with E-state index in [4.69, 9.17) is 0 Å². The summed E-state index contributed by atoms with van der Waals surface area (Å²) in [6, 6.07) is 25.4. The normalized spacial score (nSPS) is 14.4. The van der Waals surface area contributed by atoms with Gasteiger partial charge in [0.1, 0.15) is 0 Å². The highest BCUT2D eigenvalue weighted by Crippen LogP contribution is 2.39. The van der Waals surface area contributed by atoms with Gasteiger partial charge in [0.05, 0.1) is 5.69 Å². The standard InChI is InChI=1S/C27H21N3/c1-4-10-25-19(7-1)18(15-28-25)13-14-20(23-16-29-26-11-5-2-8-21(23)26)24-17-30-27-12-6-3-9-22(24)27/h1-13,15-17,20,29-30H,14H2/b18-13+. The predicted molar refractivity (Wildman–Crippen MR) is 126 cm³/mol. The number of fused-ring (bicyclic) bond motifs is 3. The minimum absolute atomic E-state index is 0.242. The first-order chi connectivity index (χ1) is 14.9. The summed E-state index contributed by atoms with van der Waals surface area (Å²) in [7, 11) is 0. The minimum atomic E-state index is 0.242. The summed E-state index contributed by atoms with van der Waals surface area (Å²) in [5, 5.41) is 2.57. The molecule has 3 heteroatoms. The molecule has 3 nitrogen and oxygen atoms in total. The van der Waals surface area contributed by atoms with E-state index >= 15 is 0 Å². The molecule has 0 radical (unpaired) electrons. The van der Waals surface area contributed by atoms with Crippen LogP contribution in [0.25, 0.3) is 27.4 Å². The first-order valence-electron chi connectivity index (χ1n) is 10.3. The fourth-order valence-electron chi connectivity index (χ4n) is 4.63. The minimum Gasteiger partial charge on any atom is -0.361 e. The zero-order chi connectivity index (χ0) is 19.9. The molecule has 0 saturated carbocycles. The fourth-order valence-corrected chi connectivity index (χ4v) is 4.63. The van der Waals surface area contributed by atoms with Gasteiger partial charge < -0.3 is 9.97 Å². The van der Waals surface area contributed by atoms with Crippen molar-refractivity contribution in [2.75, 3.05) is 0 Å². The number of hydrogen-bond acceptors (Lipinski definition) is 1. The Morgan fingerprint density at radius 2 is 1.33 bits per heavy atom. The van der Waals surface area contributed by atoms with E-state index in [9.17, 15) is 0 Å². The molecule has 0 bridgehead atoms. The first-order valence-corrected chi connectivity index (χ1v) is 10.3. The fraction of sp³-hybridized carbons (Fsp3) is 0.0741. The van der Waals surface area contributed by atoms with Crippen LogP contribution in [-0.4, -0.2) is 16.2 Å². The van der Waals surface area contributed by atoms with Crippen molar-refractivity contribution < 1.29 is 0 Å². The van der Waals surface area contributed by atoms with Crippen molar-refractivity contribution in [2.45, 2.75) is 12.3 Å². The van der Waals surface area contributed by atoms with Gasteiger partial charge in [-0.3, -0.25) is 4.99 Å². The third-order valence-electron chi connectivity index (χ3n) is 6.12. The molecule has 0 atom stereocenters. The smallest absolute Gasteiger partial charge is 0.0708 e. The van der Waals surface area contributed by atoms with E-state index in [1.54, 1.807) is 0 Å². The lowest BCUT2D eigenvalue weighted by Crippen LogP contribution is -1.99. The van der Waals surface area contributed by atoms with Crippen LogP contribution < -0.4 is 0 Å². The zero-order valence-corrected chi connectivity index (χ0v) is 16.5. The van der Waals surface area contributed by atoms with Crippen LogP contribution in [0.15, 0.2) is 96.3 Å². The Kier molecular flexibility index (Phi) is 3.91. The number of allylic oxidation sites excluding steroid dienone is 2. The molecule has 0 unspecified atom stereocenters. The topological polar surface area (TPSA) is 43.9 Å². The molecule has 30 heavy (non-hydrogen) atoms. The number of H-pyrrole nitrogens is 2. The first kappa shape index (κ1) is 17.0. The lowest BCUT2D eigenvalue weighted by Gasteiger charge is -2.15. The predicted octanol–water partition coefficient (Wildman–Crippen LogP) is 6.97. The molecule has 1 aliphatic heterocycles. The summed E-state index contributed by atoms with van der Waals surface area (Å²) in [6.07, 6.45) is 9.58. The molecule has 0 spiro atoms. The Morgan fingerprint density at radius 3 is 2.03 bits per heavy atom. The Balaban J connectivity index is 1.48. The third-order valence-corrected chi connectivity index (χ3v) is 6.12. The van der Waals surface area contributed by atoms with Crippen LogP contribution in [0.4, 0.5) is 5.69 Å².